The van der Waals surface area contributed by atoms with Gasteiger partial charge in [0.2, 0.25) is 0 Å². The molecule has 1 aromatic rings. The second-order valence-corrected chi connectivity index (χ2v) is 4.06. The number of anilines is 1. The third-order valence-electron chi connectivity index (χ3n) is 3.00. The van der Waals surface area contributed by atoms with E-state index < -0.39 is 0 Å². The van der Waals surface area contributed by atoms with E-state index in [9.17, 15) is 0 Å². The predicted octanol–water partition coefficient (Wildman–Crippen LogP) is 2.28. The first-order chi connectivity index (χ1) is 7.85. The van der Waals surface area contributed by atoms with Crippen molar-refractivity contribution in [3.05, 3.63) is 29.8 Å². The summed E-state index contributed by atoms with van der Waals surface area (Å²) >= 11 is 0. The van der Waals surface area contributed by atoms with Crippen molar-refractivity contribution >= 4 is 5.69 Å². The van der Waals surface area contributed by atoms with Crippen molar-refractivity contribution in [2.24, 2.45) is 5.92 Å². The molecular weight excluding hydrogens is 202 g/mol. The Balaban J connectivity index is 2.06. The molecular formula is C13H19NO2. The standard InChI is InChI=1S/C13H19NO2/c1-3-16-13(15-2)11-8-10-6-4-5-7-12(10)14-9-11/h4-7,11,13-14H,3,8-9H2,1-2H3/t11-,13+/m0/s1. The maximum atomic E-state index is 5.58. The van der Waals surface area contributed by atoms with Gasteiger partial charge in [0, 0.05) is 31.9 Å². The van der Waals surface area contributed by atoms with E-state index in [0.717, 1.165) is 13.0 Å². The number of benzene rings is 1. The monoisotopic (exact) mass is 221 g/mol. The molecule has 3 nitrogen and oxygen atoms in total. The Kier molecular flexibility index (Phi) is 3.80. The van der Waals surface area contributed by atoms with Crippen LogP contribution in [0, 0.1) is 5.92 Å². The molecule has 0 bridgehead atoms. The fourth-order valence-electron chi connectivity index (χ4n) is 2.22. The van der Waals surface area contributed by atoms with E-state index >= 15 is 0 Å². The molecule has 0 fully saturated rings. The van der Waals surface area contributed by atoms with Gasteiger partial charge in [0.25, 0.3) is 0 Å². The molecule has 1 heterocycles. The fraction of sp³-hybridized carbons (Fsp3) is 0.538. The topological polar surface area (TPSA) is 30.5 Å². The molecule has 16 heavy (non-hydrogen) atoms. The number of para-hydroxylation sites is 1. The minimum Gasteiger partial charge on any atom is -0.384 e. The molecule has 0 amide bonds. The Morgan fingerprint density at radius 1 is 1.44 bits per heavy atom. The van der Waals surface area contributed by atoms with Gasteiger partial charge < -0.3 is 14.8 Å². The quantitative estimate of drug-likeness (QED) is 0.791. The number of rotatable bonds is 4. The second-order valence-electron chi connectivity index (χ2n) is 4.06. The minimum absolute atomic E-state index is 0.106. The predicted molar refractivity (Wildman–Crippen MR) is 64.5 cm³/mol. The molecule has 1 aromatic carbocycles. The molecule has 0 saturated carbocycles. The van der Waals surface area contributed by atoms with Gasteiger partial charge in [-0.1, -0.05) is 18.2 Å². The summed E-state index contributed by atoms with van der Waals surface area (Å²) in [5.74, 6) is 0.389. The Hall–Kier alpha value is -1.06. The van der Waals surface area contributed by atoms with Crippen LogP contribution in [-0.2, 0) is 15.9 Å². The summed E-state index contributed by atoms with van der Waals surface area (Å²) in [5, 5.41) is 3.43. The van der Waals surface area contributed by atoms with Crippen molar-refractivity contribution in [1.82, 2.24) is 0 Å². The molecule has 0 spiro atoms. The Labute approximate surface area is 96.8 Å². The number of hydrogen-bond donors (Lipinski definition) is 1. The molecule has 2 rings (SSSR count). The molecule has 88 valence electrons. The van der Waals surface area contributed by atoms with Gasteiger partial charge in [0.05, 0.1) is 0 Å². The van der Waals surface area contributed by atoms with Gasteiger partial charge in [-0.3, -0.25) is 0 Å². The lowest BCUT2D eigenvalue weighted by atomic mass is 9.93. The Morgan fingerprint density at radius 2 is 2.25 bits per heavy atom. The maximum Gasteiger partial charge on any atom is 0.161 e. The van der Waals surface area contributed by atoms with Crippen LogP contribution in [0.3, 0.4) is 0 Å². The SMILES string of the molecule is CCO[C@@H](OC)[C@@H]1CNc2ccccc2C1. The summed E-state index contributed by atoms with van der Waals surface area (Å²) in [7, 11) is 1.71. The van der Waals surface area contributed by atoms with Crippen molar-refractivity contribution in [1.29, 1.82) is 0 Å². The highest BCUT2D eigenvalue weighted by atomic mass is 16.7. The lowest BCUT2D eigenvalue weighted by Crippen LogP contribution is -2.35. The summed E-state index contributed by atoms with van der Waals surface area (Å²) in [6.07, 6.45) is 0.910. The van der Waals surface area contributed by atoms with Crippen LogP contribution in [0.25, 0.3) is 0 Å². The van der Waals surface area contributed by atoms with E-state index in [0.29, 0.717) is 12.5 Å². The fourth-order valence-corrected chi connectivity index (χ4v) is 2.22. The van der Waals surface area contributed by atoms with E-state index in [2.05, 4.69) is 29.6 Å². The van der Waals surface area contributed by atoms with Crippen molar-refractivity contribution in [3.8, 4) is 0 Å². The number of hydrogen-bond acceptors (Lipinski definition) is 3. The molecule has 0 radical (unpaired) electrons. The van der Waals surface area contributed by atoms with Gasteiger partial charge in [-0.15, -0.1) is 0 Å². The van der Waals surface area contributed by atoms with E-state index in [-0.39, 0.29) is 6.29 Å². The molecule has 0 unspecified atom stereocenters. The van der Waals surface area contributed by atoms with Crippen LogP contribution in [-0.4, -0.2) is 26.6 Å². The molecule has 0 aliphatic carbocycles. The van der Waals surface area contributed by atoms with Crippen LogP contribution < -0.4 is 5.32 Å². The molecule has 1 aliphatic rings. The average molecular weight is 221 g/mol. The summed E-state index contributed by atoms with van der Waals surface area (Å²) in [4.78, 5) is 0. The van der Waals surface area contributed by atoms with E-state index in [1.54, 1.807) is 7.11 Å². The smallest absolute Gasteiger partial charge is 0.161 e. The summed E-state index contributed by atoms with van der Waals surface area (Å²) in [5.41, 5.74) is 2.59. The molecule has 0 aromatic heterocycles. The summed E-state index contributed by atoms with van der Waals surface area (Å²) < 4.78 is 11.0. The van der Waals surface area contributed by atoms with Crippen molar-refractivity contribution in [2.75, 3.05) is 25.6 Å². The summed E-state index contributed by atoms with van der Waals surface area (Å²) in [6.45, 7) is 3.60. The Morgan fingerprint density at radius 3 is 3.00 bits per heavy atom. The zero-order chi connectivity index (χ0) is 11.4. The molecule has 3 heteroatoms. The van der Waals surface area contributed by atoms with Crippen LogP contribution >= 0.6 is 0 Å². The van der Waals surface area contributed by atoms with Gasteiger partial charge in [-0.2, -0.15) is 0 Å². The highest BCUT2D eigenvalue weighted by Gasteiger charge is 2.26. The van der Waals surface area contributed by atoms with Gasteiger partial charge in [-0.25, -0.2) is 0 Å². The largest absolute Gasteiger partial charge is 0.384 e. The first-order valence-electron chi connectivity index (χ1n) is 5.81. The van der Waals surface area contributed by atoms with Crippen LogP contribution in [0.5, 0.6) is 0 Å². The van der Waals surface area contributed by atoms with Gasteiger partial charge in [0.15, 0.2) is 6.29 Å². The van der Waals surface area contributed by atoms with Crippen LogP contribution in [0.15, 0.2) is 24.3 Å². The highest BCUT2D eigenvalue weighted by molar-refractivity contribution is 5.53. The molecule has 1 aliphatic heterocycles. The first-order valence-corrected chi connectivity index (χ1v) is 5.81. The number of nitrogens with one attached hydrogen (secondary N) is 1. The number of ether oxygens (including phenoxy) is 2. The van der Waals surface area contributed by atoms with E-state index in [1.807, 2.05) is 6.92 Å². The molecule has 2 atom stereocenters. The maximum absolute atomic E-state index is 5.58. The number of methoxy groups -OCH3 is 1. The van der Waals surface area contributed by atoms with Crippen LogP contribution in [0.4, 0.5) is 5.69 Å². The van der Waals surface area contributed by atoms with Crippen molar-refractivity contribution in [2.45, 2.75) is 19.6 Å². The molecule has 1 N–H and O–H groups in total. The Bertz CT molecular complexity index is 340. The van der Waals surface area contributed by atoms with Crippen LogP contribution in [0.1, 0.15) is 12.5 Å². The highest BCUT2D eigenvalue weighted by Crippen LogP contribution is 2.27. The van der Waals surface area contributed by atoms with Gasteiger partial charge in [0.1, 0.15) is 0 Å². The average Bonchev–Trinajstić information content (AvgIpc) is 2.35. The van der Waals surface area contributed by atoms with Gasteiger partial charge in [-0.05, 0) is 25.0 Å². The lowest BCUT2D eigenvalue weighted by molar-refractivity contribution is -0.150. The molecule has 0 saturated heterocycles. The third-order valence-corrected chi connectivity index (χ3v) is 3.00. The van der Waals surface area contributed by atoms with Crippen LogP contribution in [0.2, 0.25) is 0 Å². The summed E-state index contributed by atoms with van der Waals surface area (Å²) in [6, 6.07) is 8.41. The minimum atomic E-state index is -0.106. The van der Waals surface area contributed by atoms with Crippen molar-refractivity contribution in [3.63, 3.8) is 0 Å². The number of fused-ring (bicyclic) bond motifs is 1. The third kappa shape index (κ3) is 2.36. The van der Waals surface area contributed by atoms with E-state index in [4.69, 9.17) is 9.47 Å². The zero-order valence-electron chi connectivity index (χ0n) is 9.90. The van der Waals surface area contributed by atoms with Gasteiger partial charge >= 0.3 is 0 Å². The van der Waals surface area contributed by atoms with E-state index in [1.165, 1.54) is 11.3 Å². The first kappa shape index (κ1) is 11.4. The van der Waals surface area contributed by atoms with Crippen molar-refractivity contribution < 1.29 is 9.47 Å². The second kappa shape index (κ2) is 5.32. The normalized spacial score (nSPS) is 21.0. The lowest BCUT2D eigenvalue weighted by Gasteiger charge is -2.31. The zero-order valence-corrected chi connectivity index (χ0v) is 9.90.